The van der Waals surface area contributed by atoms with E-state index in [1.807, 2.05) is 6.92 Å². The zero-order chi connectivity index (χ0) is 21.7. The molecule has 8 heteroatoms. The molecule has 0 radical (unpaired) electrons. The molecule has 2 N–H and O–H groups in total. The van der Waals surface area contributed by atoms with Crippen LogP contribution in [-0.2, 0) is 14.4 Å². The number of amides is 5. The van der Waals surface area contributed by atoms with Crippen LogP contribution in [0.2, 0.25) is 0 Å². The fourth-order valence-electron chi connectivity index (χ4n) is 4.90. The van der Waals surface area contributed by atoms with Crippen molar-refractivity contribution in [2.75, 3.05) is 13.1 Å². The second-order valence-corrected chi connectivity index (χ2v) is 9.19. The van der Waals surface area contributed by atoms with Gasteiger partial charge >= 0.3 is 6.03 Å². The minimum Gasteiger partial charge on any atom is -0.352 e. The van der Waals surface area contributed by atoms with Crippen LogP contribution in [0.1, 0.15) is 84.5 Å². The number of hydrogen-bond acceptors (Lipinski definition) is 4. The minimum absolute atomic E-state index is 0.119. The SMILES string of the molecule is CCC1(C)C(=O)N(CC(=O)NC2CCCCC2)C(=O)N1CC(=O)NC1CCCCC1. The van der Waals surface area contributed by atoms with Crippen LogP contribution in [0.25, 0.3) is 0 Å². The Bertz CT molecular complexity index is 670. The predicted molar refractivity (Wildman–Crippen MR) is 113 cm³/mol. The van der Waals surface area contributed by atoms with Gasteiger partial charge in [-0.3, -0.25) is 19.3 Å². The molecule has 30 heavy (non-hydrogen) atoms. The molecule has 0 aromatic heterocycles. The monoisotopic (exact) mass is 420 g/mol. The van der Waals surface area contributed by atoms with Crippen molar-refractivity contribution in [3.63, 3.8) is 0 Å². The number of hydrogen-bond donors (Lipinski definition) is 2. The topological polar surface area (TPSA) is 98.8 Å². The highest BCUT2D eigenvalue weighted by Gasteiger charge is 2.54. The van der Waals surface area contributed by atoms with Gasteiger partial charge in [-0.2, -0.15) is 0 Å². The molecule has 1 unspecified atom stereocenters. The Morgan fingerprint density at radius 1 is 0.867 bits per heavy atom. The molecule has 0 bridgehead atoms. The van der Waals surface area contributed by atoms with Gasteiger partial charge in [0.1, 0.15) is 18.6 Å². The molecular formula is C22H36N4O4. The lowest BCUT2D eigenvalue weighted by atomic mass is 9.95. The standard InChI is InChI=1S/C22H36N4O4/c1-3-22(2)20(29)25(14-18(27)23-16-10-6-4-7-11-16)21(30)26(22)15-19(28)24-17-12-8-5-9-13-17/h16-17H,3-15H2,1-2H3,(H,23,27)(H,24,28). The normalized spacial score (nSPS) is 26.2. The molecule has 0 aromatic rings. The van der Waals surface area contributed by atoms with Crippen LogP contribution in [0.5, 0.6) is 0 Å². The van der Waals surface area contributed by atoms with E-state index in [4.69, 9.17) is 0 Å². The van der Waals surface area contributed by atoms with Crippen molar-refractivity contribution in [3.8, 4) is 0 Å². The lowest BCUT2D eigenvalue weighted by Gasteiger charge is -2.31. The van der Waals surface area contributed by atoms with Gasteiger partial charge in [0, 0.05) is 12.1 Å². The number of rotatable bonds is 7. The molecule has 5 amide bonds. The second-order valence-electron chi connectivity index (χ2n) is 9.19. The van der Waals surface area contributed by atoms with Crippen molar-refractivity contribution in [3.05, 3.63) is 0 Å². The van der Waals surface area contributed by atoms with Crippen LogP contribution >= 0.6 is 0 Å². The molecule has 3 fully saturated rings. The first-order valence-electron chi connectivity index (χ1n) is 11.6. The van der Waals surface area contributed by atoms with Crippen LogP contribution in [-0.4, -0.2) is 64.3 Å². The van der Waals surface area contributed by atoms with Gasteiger partial charge < -0.3 is 15.5 Å². The molecule has 2 aliphatic carbocycles. The summed E-state index contributed by atoms with van der Waals surface area (Å²) in [5, 5.41) is 5.97. The molecule has 3 aliphatic rings. The smallest absolute Gasteiger partial charge is 0.328 e. The average Bonchev–Trinajstić information content (AvgIpc) is 2.91. The van der Waals surface area contributed by atoms with Crippen molar-refractivity contribution < 1.29 is 19.2 Å². The van der Waals surface area contributed by atoms with E-state index in [0.717, 1.165) is 56.3 Å². The Kier molecular flexibility index (Phi) is 7.36. The summed E-state index contributed by atoms with van der Waals surface area (Å²) in [6.45, 7) is 3.06. The van der Waals surface area contributed by atoms with Crippen molar-refractivity contribution >= 4 is 23.8 Å². The van der Waals surface area contributed by atoms with E-state index in [0.29, 0.717) is 6.42 Å². The van der Waals surface area contributed by atoms with Gasteiger partial charge in [0.2, 0.25) is 11.8 Å². The Hall–Kier alpha value is -2.12. The summed E-state index contributed by atoms with van der Waals surface area (Å²) in [6, 6.07) is -0.291. The Labute approximate surface area is 179 Å². The van der Waals surface area contributed by atoms with Crippen LogP contribution in [0.3, 0.4) is 0 Å². The van der Waals surface area contributed by atoms with Gasteiger partial charge in [-0.1, -0.05) is 45.4 Å². The van der Waals surface area contributed by atoms with E-state index >= 15 is 0 Å². The molecule has 1 heterocycles. The lowest BCUT2D eigenvalue weighted by molar-refractivity contribution is -0.136. The third-order valence-electron chi connectivity index (χ3n) is 7.00. The molecule has 1 aliphatic heterocycles. The van der Waals surface area contributed by atoms with Gasteiger partial charge in [-0.15, -0.1) is 0 Å². The molecule has 168 valence electrons. The first kappa shape index (κ1) is 22.6. The van der Waals surface area contributed by atoms with Gasteiger partial charge in [-0.05, 0) is 39.0 Å². The van der Waals surface area contributed by atoms with Gasteiger partial charge in [-0.25, -0.2) is 4.79 Å². The van der Waals surface area contributed by atoms with Crippen LogP contribution < -0.4 is 10.6 Å². The lowest BCUT2D eigenvalue weighted by Crippen LogP contribution is -2.51. The molecule has 0 spiro atoms. The fraction of sp³-hybridized carbons (Fsp3) is 0.818. The Balaban J connectivity index is 1.61. The summed E-state index contributed by atoms with van der Waals surface area (Å²) in [5.74, 6) is -0.953. The zero-order valence-electron chi connectivity index (χ0n) is 18.4. The summed E-state index contributed by atoms with van der Waals surface area (Å²) in [6.07, 6.45) is 10.9. The number of urea groups is 1. The fourth-order valence-corrected chi connectivity index (χ4v) is 4.90. The third kappa shape index (κ3) is 4.95. The Morgan fingerprint density at radius 3 is 1.80 bits per heavy atom. The van der Waals surface area contributed by atoms with E-state index in [2.05, 4.69) is 10.6 Å². The van der Waals surface area contributed by atoms with Crippen molar-refractivity contribution in [1.29, 1.82) is 0 Å². The summed E-state index contributed by atoms with van der Waals surface area (Å²) in [7, 11) is 0. The predicted octanol–water partition coefficient (Wildman–Crippen LogP) is 2.32. The number of nitrogens with zero attached hydrogens (tertiary/aromatic N) is 2. The molecule has 0 aromatic carbocycles. The molecule has 1 atom stereocenters. The van der Waals surface area contributed by atoms with Crippen molar-refractivity contribution in [2.45, 2.75) is 102 Å². The zero-order valence-corrected chi connectivity index (χ0v) is 18.4. The van der Waals surface area contributed by atoms with E-state index in [9.17, 15) is 19.2 Å². The number of imide groups is 1. The van der Waals surface area contributed by atoms with Crippen molar-refractivity contribution in [2.24, 2.45) is 0 Å². The first-order valence-corrected chi connectivity index (χ1v) is 11.6. The summed E-state index contributed by atoms with van der Waals surface area (Å²) in [4.78, 5) is 53.5. The quantitative estimate of drug-likeness (QED) is 0.618. The van der Waals surface area contributed by atoms with Gasteiger partial charge in [0.05, 0.1) is 0 Å². The van der Waals surface area contributed by atoms with E-state index in [1.165, 1.54) is 17.7 Å². The first-order chi connectivity index (χ1) is 14.3. The van der Waals surface area contributed by atoms with Gasteiger partial charge in [0.15, 0.2) is 0 Å². The van der Waals surface area contributed by atoms with Gasteiger partial charge in [0.25, 0.3) is 5.91 Å². The maximum Gasteiger partial charge on any atom is 0.328 e. The average molecular weight is 421 g/mol. The van der Waals surface area contributed by atoms with Crippen LogP contribution in [0.4, 0.5) is 4.79 Å². The summed E-state index contributed by atoms with van der Waals surface area (Å²) >= 11 is 0. The third-order valence-corrected chi connectivity index (χ3v) is 7.00. The minimum atomic E-state index is -1.11. The number of carbonyl (C=O) groups excluding carboxylic acids is 4. The van der Waals surface area contributed by atoms with E-state index in [-0.39, 0.29) is 37.0 Å². The highest BCUT2D eigenvalue weighted by Crippen LogP contribution is 2.31. The largest absolute Gasteiger partial charge is 0.352 e. The summed E-state index contributed by atoms with van der Waals surface area (Å²) in [5.41, 5.74) is -1.11. The number of nitrogens with one attached hydrogen (secondary N) is 2. The van der Waals surface area contributed by atoms with Crippen molar-refractivity contribution in [1.82, 2.24) is 20.4 Å². The highest BCUT2D eigenvalue weighted by atomic mass is 16.2. The van der Waals surface area contributed by atoms with E-state index in [1.54, 1.807) is 6.92 Å². The molecule has 3 rings (SSSR count). The molecule has 1 saturated heterocycles. The molecule has 2 saturated carbocycles. The Morgan fingerprint density at radius 2 is 1.33 bits per heavy atom. The highest BCUT2D eigenvalue weighted by molar-refractivity contribution is 6.09. The molecular weight excluding hydrogens is 384 g/mol. The maximum absolute atomic E-state index is 13.0. The molecule has 8 nitrogen and oxygen atoms in total. The maximum atomic E-state index is 13.0. The number of carbonyl (C=O) groups is 4. The summed E-state index contributed by atoms with van der Waals surface area (Å²) < 4.78 is 0. The van der Waals surface area contributed by atoms with E-state index < -0.39 is 17.5 Å². The van der Waals surface area contributed by atoms with Crippen LogP contribution in [0, 0.1) is 0 Å². The second kappa shape index (κ2) is 9.79. The van der Waals surface area contributed by atoms with Crippen LogP contribution in [0.15, 0.2) is 0 Å².